The lowest BCUT2D eigenvalue weighted by molar-refractivity contribution is -0.139. The summed E-state index contributed by atoms with van der Waals surface area (Å²) >= 11 is 12.2. The Bertz CT molecular complexity index is 1360. The van der Waals surface area contributed by atoms with E-state index in [-0.39, 0.29) is 27.2 Å². The Balaban J connectivity index is 2.03. The first-order valence-corrected chi connectivity index (χ1v) is 13.6. The van der Waals surface area contributed by atoms with E-state index >= 15 is 0 Å². The van der Waals surface area contributed by atoms with E-state index < -0.39 is 40.2 Å². The Hall–Kier alpha value is -3.14. The topological polar surface area (TPSA) is 86.8 Å². The molecule has 0 aliphatic rings. The number of halogens is 3. The molecule has 0 saturated carbocycles. The van der Waals surface area contributed by atoms with E-state index in [2.05, 4.69) is 5.32 Å². The van der Waals surface area contributed by atoms with Crippen molar-refractivity contribution in [2.24, 2.45) is 0 Å². The summed E-state index contributed by atoms with van der Waals surface area (Å²) < 4.78 is 41.7. The number of benzene rings is 3. The molecule has 3 aromatic rings. The number of hydrogen-bond acceptors (Lipinski definition) is 4. The normalized spacial score (nSPS) is 12.0. The first kappa shape index (κ1) is 28.4. The third-order valence-corrected chi connectivity index (χ3v) is 8.11. The van der Waals surface area contributed by atoms with Gasteiger partial charge in [-0.25, -0.2) is 12.8 Å². The number of sulfonamides is 1. The minimum Gasteiger partial charge on any atom is -0.355 e. The molecule has 0 bridgehead atoms. The van der Waals surface area contributed by atoms with Gasteiger partial charge in [0.05, 0.1) is 20.6 Å². The zero-order valence-corrected chi connectivity index (χ0v) is 22.5. The summed E-state index contributed by atoms with van der Waals surface area (Å²) in [6.07, 6.45) is 0. The van der Waals surface area contributed by atoms with Crippen LogP contribution >= 0.6 is 23.2 Å². The van der Waals surface area contributed by atoms with Crippen molar-refractivity contribution < 1.29 is 22.4 Å². The van der Waals surface area contributed by atoms with Crippen LogP contribution in [0.2, 0.25) is 10.0 Å². The second kappa shape index (κ2) is 12.4. The van der Waals surface area contributed by atoms with Gasteiger partial charge in [0.15, 0.2) is 0 Å². The van der Waals surface area contributed by atoms with Gasteiger partial charge < -0.3 is 10.2 Å². The van der Waals surface area contributed by atoms with Crippen LogP contribution in [0.25, 0.3) is 0 Å². The molecule has 0 radical (unpaired) electrons. The van der Waals surface area contributed by atoms with Crippen LogP contribution in [0.4, 0.5) is 10.1 Å². The molecular formula is C26H26Cl2FN3O4S. The standard InChI is InChI=1S/C26H26Cl2FN3O4S/c1-3-30-26(34)18(2)31(16-19-9-11-20(29)12-10-19)25(33)17-32(21-13-14-23(27)24(28)15-21)37(35,36)22-7-5-4-6-8-22/h4-15,18H,3,16-17H2,1-2H3,(H,30,34)/t18-/m0/s1. The van der Waals surface area contributed by atoms with Crippen molar-refractivity contribution >= 4 is 50.7 Å². The molecule has 2 amide bonds. The maximum absolute atomic E-state index is 13.7. The van der Waals surface area contributed by atoms with Gasteiger partial charge in [0.1, 0.15) is 18.4 Å². The molecule has 0 heterocycles. The van der Waals surface area contributed by atoms with Gasteiger partial charge >= 0.3 is 0 Å². The summed E-state index contributed by atoms with van der Waals surface area (Å²) in [5.41, 5.74) is 0.692. The fourth-order valence-corrected chi connectivity index (χ4v) is 5.30. The van der Waals surface area contributed by atoms with Crippen LogP contribution in [-0.4, -0.2) is 44.3 Å². The molecule has 196 valence electrons. The molecule has 0 unspecified atom stereocenters. The lowest BCUT2D eigenvalue weighted by atomic mass is 10.1. The van der Waals surface area contributed by atoms with Crippen LogP contribution in [0.5, 0.6) is 0 Å². The van der Waals surface area contributed by atoms with E-state index in [0.29, 0.717) is 12.1 Å². The van der Waals surface area contributed by atoms with Crippen LogP contribution in [0.15, 0.2) is 77.7 Å². The predicted octanol–water partition coefficient (Wildman–Crippen LogP) is 4.88. The van der Waals surface area contributed by atoms with Crippen molar-refractivity contribution in [3.05, 3.63) is 94.2 Å². The maximum Gasteiger partial charge on any atom is 0.264 e. The highest BCUT2D eigenvalue weighted by atomic mass is 35.5. The molecule has 0 fully saturated rings. The van der Waals surface area contributed by atoms with Gasteiger partial charge in [-0.2, -0.15) is 0 Å². The van der Waals surface area contributed by atoms with Crippen molar-refractivity contribution in [1.82, 2.24) is 10.2 Å². The quantitative estimate of drug-likeness (QED) is 0.379. The van der Waals surface area contributed by atoms with Crippen molar-refractivity contribution in [1.29, 1.82) is 0 Å². The third-order valence-electron chi connectivity index (χ3n) is 5.59. The smallest absolute Gasteiger partial charge is 0.264 e. The highest BCUT2D eigenvalue weighted by molar-refractivity contribution is 7.92. The SMILES string of the molecule is CCNC(=O)[C@H](C)N(Cc1ccc(F)cc1)C(=O)CN(c1ccc(Cl)c(Cl)c1)S(=O)(=O)c1ccccc1. The number of hydrogen-bond donors (Lipinski definition) is 1. The molecule has 0 aliphatic carbocycles. The van der Waals surface area contributed by atoms with E-state index in [0.717, 1.165) is 4.31 Å². The van der Waals surface area contributed by atoms with Gasteiger partial charge in [-0.1, -0.05) is 53.5 Å². The number of rotatable bonds is 10. The van der Waals surface area contributed by atoms with E-state index in [1.807, 2.05) is 0 Å². The first-order valence-electron chi connectivity index (χ1n) is 11.4. The van der Waals surface area contributed by atoms with Gasteiger partial charge in [-0.3, -0.25) is 13.9 Å². The van der Waals surface area contributed by atoms with Crippen molar-refractivity contribution in [2.45, 2.75) is 31.3 Å². The van der Waals surface area contributed by atoms with Gasteiger partial charge in [-0.05, 0) is 61.9 Å². The lowest BCUT2D eigenvalue weighted by Gasteiger charge is -2.32. The van der Waals surface area contributed by atoms with Crippen molar-refractivity contribution in [3.8, 4) is 0 Å². The highest BCUT2D eigenvalue weighted by Gasteiger charge is 2.32. The summed E-state index contributed by atoms with van der Waals surface area (Å²) in [6.45, 7) is 2.97. The second-order valence-corrected chi connectivity index (χ2v) is 10.8. The number of likely N-dealkylation sites (N-methyl/N-ethyl adjacent to an activating group) is 1. The average Bonchev–Trinajstić information content (AvgIpc) is 2.88. The van der Waals surface area contributed by atoms with Gasteiger partial charge in [0.25, 0.3) is 10.0 Å². The molecular weight excluding hydrogens is 540 g/mol. The summed E-state index contributed by atoms with van der Waals surface area (Å²) in [7, 11) is -4.21. The van der Waals surface area contributed by atoms with Gasteiger partial charge in [0.2, 0.25) is 11.8 Å². The molecule has 1 atom stereocenters. The molecule has 0 aliphatic heterocycles. The number of nitrogens with one attached hydrogen (secondary N) is 1. The van der Waals surface area contributed by atoms with Gasteiger partial charge in [-0.15, -0.1) is 0 Å². The Morgan fingerprint density at radius 2 is 1.62 bits per heavy atom. The largest absolute Gasteiger partial charge is 0.355 e. The molecule has 3 aromatic carbocycles. The minimum absolute atomic E-state index is 0.0317. The molecule has 11 heteroatoms. The van der Waals surface area contributed by atoms with E-state index in [1.165, 1.54) is 59.5 Å². The Kier molecular flexibility index (Phi) is 9.53. The molecule has 3 rings (SSSR count). The lowest BCUT2D eigenvalue weighted by Crippen LogP contribution is -2.51. The van der Waals surface area contributed by atoms with E-state index in [9.17, 15) is 22.4 Å². The van der Waals surface area contributed by atoms with Gasteiger partial charge in [0, 0.05) is 13.1 Å². The van der Waals surface area contributed by atoms with Crippen LogP contribution in [-0.2, 0) is 26.2 Å². The minimum atomic E-state index is -4.21. The molecule has 0 saturated heterocycles. The highest BCUT2D eigenvalue weighted by Crippen LogP contribution is 2.30. The summed E-state index contributed by atoms with van der Waals surface area (Å²) in [6, 6.07) is 16.4. The van der Waals surface area contributed by atoms with Crippen LogP contribution < -0.4 is 9.62 Å². The maximum atomic E-state index is 13.7. The zero-order valence-electron chi connectivity index (χ0n) is 20.2. The number of nitrogens with zero attached hydrogens (tertiary/aromatic N) is 2. The number of amides is 2. The Labute approximate surface area is 225 Å². The Morgan fingerprint density at radius 3 is 2.22 bits per heavy atom. The van der Waals surface area contributed by atoms with Crippen LogP contribution in [0.3, 0.4) is 0 Å². The first-order chi connectivity index (χ1) is 17.5. The monoisotopic (exact) mass is 565 g/mol. The van der Waals surface area contributed by atoms with Crippen molar-refractivity contribution in [2.75, 3.05) is 17.4 Å². The zero-order chi connectivity index (χ0) is 27.2. The number of carbonyl (C=O) groups excluding carboxylic acids is 2. The number of carbonyl (C=O) groups is 2. The molecule has 1 N–H and O–H groups in total. The summed E-state index contributed by atoms with van der Waals surface area (Å²) in [5.74, 6) is -1.50. The fraction of sp³-hybridized carbons (Fsp3) is 0.231. The predicted molar refractivity (Wildman–Crippen MR) is 143 cm³/mol. The van der Waals surface area contributed by atoms with E-state index in [1.54, 1.807) is 32.0 Å². The fourth-order valence-electron chi connectivity index (χ4n) is 3.58. The number of anilines is 1. The van der Waals surface area contributed by atoms with Crippen molar-refractivity contribution in [3.63, 3.8) is 0 Å². The molecule has 7 nitrogen and oxygen atoms in total. The summed E-state index contributed by atoms with van der Waals surface area (Å²) in [5, 5.41) is 3.00. The van der Waals surface area contributed by atoms with Crippen LogP contribution in [0.1, 0.15) is 19.4 Å². The third kappa shape index (κ3) is 7.00. The molecule has 0 aromatic heterocycles. The average molecular weight is 566 g/mol. The van der Waals surface area contributed by atoms with E-state index in [4.69, 9.17) is 23.2 Å². The molecule has 37 heavy (non-hydrogen) atoms. The van der Waals surface area contributed by atoms with Crippen LogP contribution in [0, 0.1) is 5.82 Å². The second-order valence-electron chi connectivity index (χ2n) is 8.14. The molecule has 0 spiro atoms. The Morgan fingerprint density at radius 1 is 0.973 bits per heavy atom. The summed E-state index contributed by atoms with van der Waals surface area (Å²) in [4.78, 5) is 27.6.